The number of nitrogens with two attached hydrogens (primary N) is 1. The van der Waals surface area contributed by atoms with Crippen LogP contribution < -0.4 is 11.1 Å². The number of rotatable bonds is 7. The topological polar surface area (TPSA) is 124 Å². The first-order valence-corrected chi connectivity index (χ1v) is 12.3. The van der Waals surface area contributed by atoms with Crippen LogP contribution in [0.3, 0.4) is 0 Å². The van der Waals surface area contributed by atoms with Crippen LogP contribution in [-0.4, -0.2) is 37.9 Å². The van der Waals surface area contributed by atoms with Crippen LogP contribution in [0.2, 0.25) is 0 Å². The Labute approximate surface area is 208 Å². The van der Waals surface area contributed by atoms with Crippen molar-refractivity contribution in [1.82, 2.24) is 15.0 Å². The summed E-state index contributed by atoms with van der Waals surface area (Å²) in [6.07, 6.45) is 10.8. The van der Waals surface area contributed by atoms with Gasteiger partial charge in [-0.2, -0.15) is 0 Å². The number of aliphatic hydroxyl groups is 1. The average molecular weight is 493 g/mol. The zero-order valence-electron chi connectivity index (χ0n) is 20.0. The predicted molar refractivity (Wildman–Crippen MR) is 135 cm³/mol. The molecule has 2 aliphatic carbocycles. The lowest BCUT2D eigenvalue weighted by molar-refractivity contribution is 0.0521. The minimum atomic E-state index is -0.716. The molecule has 0 amide bonds. The first kappa shape index (κ1) is 24.3. The molecule has 4 atom stereocenters. The molecule has 5 rings (SSSR count). The second-order valence-corrected chi connectivity index (χ2v) is 9.96. The molecule has 36 heavy (non-hydrogen) atoms. The van der Waals surface area contributed by atoms with Crippen LogP contribution >= 0.6 is 0 Å². The summed E-state index contributed by atoms with van der Waals surface area (Å²) >= 11 is 0. The number of halogens is 2. The molecule has 2 aromatic heterocycles. The minimum Gasteiger partial charge on any atom is -0.391 e. The summed E-state index contributed by atoms with van der Waals surface area (Å²) in [6.45, 7) is 2.01. The second kappa shape index (κ2) is 9.91. The number of allylic oxidation sites excluding steroid dienone is 1. The highest BCUT2D eigenvalue weighted by molar-refractivity contribution is 6.09. The molecular weight excluding hydrogens is 462 g/mol. The standard InChI is InChI=1S/C27H30F2N6O/c1-14-8-17(11-23(31)26(14)36)19-6-7-32-13-24(19)35-27-33-12-18(34-27)4-5-22(30)25-20(28)9-16(10-21(25)29)15-2-3-15/h4-7,9-10,12-15,17,23,26,30,36H,2-3,8,11,31H2,1H3,(H2,33,34,35)/b5-4-,30-22?. The van der Waals surface area contributed by atoms with Crippen LogP contribution in [0, 0.1) is 23.0 Å². The maximum Gasteiger partial charge on any atom is 0.205 e. The molecule has 188 valence electrons. The van der Waals surface area contributed by atoms with Crippen molar-refractivity contribution in [2.45, 2.75) is 56.6 Å². The minimum absolute atomic E-state index is 0.0926. The van der Waals surface area contributed by atoms with Gasteiger partial charge in [0.2, 0.25) is 5.95 Å². The summed E-state index contributed by atoms with van der Waals surface area (Å²) in [5.41, 5.74) is 8.64. The predicted octanol–water partition coefficient (Wildman–Crippen LogP) is 4.99. The van der Waals surface area contributed by atoms with E-state index in [1.165, 1.54) is 18.2 Å². The SMILES string of the molecule is CC1CC(c2ccncc2Nc2ncc(/C=C\C(=N)c3c(F)cc(C4CC4)cc3F)[nH]2)CC(N)C1O. The Morgan fingerprint density at radius 3 is 2.64 bits per heavy atom. The number of nitrogens with one attached hydrogen (secondary N) is 3. The molecule has 7 nitrogen and oxygen atoms in total. The number of H-pyrrole nitrogens is 1. The molecule has 6 N–H and O–H groups in total. The van der Waals surface area contributed by atoms with Crippen LogP contribution in [0.4, 0.5) is 20.4 Å². The fourth-order valence-corrected chi connectivity index (χ4v) is 5.06. The Balaban J connectivity index is 1.29. The summed E-state index contributed by atoms with van der Waals surface area (Å²) in [5.74, 6) is -0.466. The van der Waals surface area contributed by atoms with Crippen molar-refractivity contribution in [2.75, 3.05) is 5.32 Å². The number of pyridine rings is 1. The van der Waals surface area contributed by atoms with Gasteiger partial charge in [0.1, 0.15) is 11.6 Å². The quantitative estimate of drug-likeness (QED) is 0.297. The van der Waals surface area contributed by atoms with E-state index in [1.807, 2.05) is 13.0 Å². The molecule has 0 bridgehead atoms. The molecule has 0 aliphatic heterocycles. The van der Waals surface area contributed by atoms with Crippen molar-refractivity contribution in [3.8, 4) is 0 Å². The van der Waals surface area contributed by atoms with Gasteiger partial charge < -0.3 is 26.6 Å². The molecule has 2 aliphatic rings. The fraction of sp³-hybridized carbons (Fsp3) is 0.370. The summed E-state index contributed by atoms with van der Waals surface area (Å²) < 4.78 is 29.0. The van der Waals surface area contributed by atoms with Crippen molar-refractivity contribution in [2.24, 2.45) is 11.7 Å². The molecule has 0 spiro atoms. The van der Waals surface area contributed by atoms with E-state index in [0.29, 0.717) is 23.6 Å². The molecule has 4 unspecified atom stereocenters. The van der Waals surface area contributed by atoms with E-state index in [0.717, 1.165) is 30.5 Å². The first-order chi connectivity index (χ1) is 17.3. The number of imidazole rings is 1. The van der Waals surface area contributed by atoms with Gasteiger partial charge in [0.05, 0.1) is 41.2 Å². The van der Waals surface area contributed by atoms with E-state index in [9.17, 15) is 13.9 Å². The van der Waals surface area contributed by atoms with Crippen molar-refractivity contribution in [3.05, 3.63) is 76.9 Å². The molecule has 2 fully saturated rings. The normalized spacial score (nSPS) is 24.2. The van der Waals surface area contributed by atoms with Crippen molar-refractivity contribution >= 4 is 23.4 Å². The third-order valence-electron chi connectivity index (χ3n) is 7.19. The first-order valence-electron chi connectivity index (χ1n) is 12.3. The van der Waals surface area contributed by atoms with Gasteiger partial charge in [0.15, 0.2) is 0 Å². The van der Waals surface area contributed by atoms with E-state index in [1.54, 1.807) is 24.7 Å². The summed E-state index contributed by atoms with van der Waals surface area (Å²) in [5, 5.41) is 21.6. The average Bonchev–Trinajstić information content (AvgIpc) is 3.60. The molecule has 3 aromatic rings. The third-order valence-corrected chi connectivity index (χ3v) is 7.19. The number of hydrogen-bond donors (Lipinski definition) is 5. The van der Waals surface area contributed by atoms with Crippen molar-refractivity contribution in [1.29, 1.82) is 5.41 Å². The van der Waals surface area contributed by atoms with Crippen molar-refractivity contribution < 1.29 is 13.9 Å². The Bertz CT molecular complexity index is 1270. The van der Waals surface area contributed by atoms with Gasteiger partial charge in [-0.1, -0.05) is 6.92 Å². The number of aromatic nitrogens is 3. The van der Waals surface area contributed by atoms with Gasteiger partial charge in [-0.25, -0.2) is 13.8 Å². The number of anilines is 2. The van der Waals surface area contributed by atoms with Gasteiger partial charge in [-0.05, 0) is 84.9 Å². The lowest BCUT2D eigenvalue weighted by Crippen LogP contribution is -2.44. The summed E-state index contributed by atoms with van der Waals surface area (Å²) in [6, 6.07) is 4.34. The van der Waals surface area contributed by atoms with E-state index in [-0.39, 0.29) is 35.1 Å². The van der Waals surface area contributed by atoms with E-state index in [4.69, 9.17) is 11.1 Å². The highest BCUT2D eigenvalue weighted by Gasteiger charge is 2.34. The van der Waals surface area contributed by atoms with E-state index in [2.05, 4.69) is 20.3 Å². The maximum atomic E-state index is 14.5. The molecular formula is C27H30F2N6O. The maximum absolute atomic E-state index is 14.5. The highest BCUT2D eigenvalue weighted by Crippen LogP contribution is 2.41. The second-order valence-electron chi connectivity index (χ2n) is 9.96. The zero-order valence-corrected chi connectivity index (χ0v) is 20.0. The number of nitrogens with zero attached hydrogens (tertiary/aromatic N) is 2. The molecule has 0 saturated heterocycles. The molecule has 2 saturated carbocycles. The summed E-state index contributed by atoms with van der Waals surface area (Å²) in [7, 11) is 0. The van der Waals surface area contributed by atoms with Crippen LogP contribution in [0.5, 0.6) is 0 Å². The van der Waals surface area contributed by atoms with Crippen LogP contribution in [0.25, 0.3) is 6.08 Å². The number of aromatic amines is 1. The van der Waals surface area contributed by atoms with Crippen LogP contribution in [0.15, 0.2) is 42.9 Å². The molecule has 9 heteroatoms. The van der Waals surface area contributed by atoms with Crippen LogP contribution in [-0.2, 0) is 0 Å². The Morgan fingerprint density at radius 2 is 1.94 bits per heavy atom. The largest absolute Gasteiger partial charge is 0.391 e. The third kappa shape index (κ3) is 5.08. The van der Waals surface area contributed by atoms with Gasteiger partial charge in [0.25, 0.3) is 0 Å². The van der Waals surface area contributed by atoms with Gasteiger partial charge in [-0.15, -0.1) is 0 Å². The summed E-state index contributed by atoms with van der Waals surface area (Å²) in [4.78, 5) is 11.7. The van der Waals surface area contributed by atoms with Crippen LogP contribution in [0.1, 0.15) is 66.8 Å². The van der Waals surface area contributed by atoms with E-state index >= 15 is 0 Å². The van der Waals surface area contributed by atoms with E-state index < -0.39 is 17.7 Å². The monoisotopic (exact) mass is 492 g/mol. The van der Waals surface area contributed by atoms with Gasteiger partial charge >= 0.3 is 0 Å². The molecule has 2 heterocycles. The Kier molecular flexibility index (Phi) is 6.68. The zero-order chi connectivity index (χ0) is 25.4. The number of aliphatic hydroxyl groups excluding tert-OH is 1. The Morgan fingerprint density at radius 1 is 1.19 bits per heavy atom. The number of hydrogen-bond acceptors (Lipinski definition) is 6. The molecule has 1 aromatic carbocycles. The smallest absolute Gasteiger partial charge is 0.205 e. The lowest BCUT2D eigenvalue weighted by Gasteiger charge is -2.36. The van der Waals surface area contributed by atoms with Gasteiger partial charge in [0, 0.05) is 12.2 Å². The fourth-order valence-electron chi connectivity index (χ4n) is 5.06. The highest BCUT2D eigenvalue weighted by atomic mass is 19.1. The van der Waals surface area contributed by atoms with Crippen molar-refractivity contribution in [3.63, 3.8) is 0 Å². The Hall–Kier alpha value is -3.43. The lowest BCUT2D eigenvalue weighted by atomic mass is 9.74. The molecule has 0 radical (unpaired) electrons. The number of benzene rings is 1. The van der Waals surface area contributed by atoms with Gasteiger partial charge in [-0.3, -0.25) is 4.98 Å².